The molecule has 80 valence electrons. The molecule has 0 atom stereocenters. The van der Waals surface area contributed by atoms with Crippen LogP contribution in [-0.2, 0) is 5.41 Å². The van der Waals surface area contributed by atoms with Crippen LogP contribution in [0.15, 0.2) is 5.38 Å². The molecule has 0 aliphatic carbocycles. The van der Waals surface area contributed by atoms with Gasteiger partial charge in [0.05, 0.1) is 4.34 Å². The average molecular weight is 231 g/mol. The molecule has 0 saturated heterocycles. The van der Waals surface area contributed by atoms with Crippen molar-refractivity contribution in [2.24, 2.45) is 0 Å². The Labute approximate surface area is 96.3 Å². The van der Waals surface area contributed by atoms with Crippen LogP contribution < -0.4 is 0 Å². The monoisotopic (exact) mass is 230 g/mol. The van der Waals surface area contributed by atoms with Gasteiger partial charge in [0, 0.05) is 0 Å². The first-order chi connectivity index (χ1) is 6.49. The maximum absolute atomic E-state index is 6.09. The maximum atomic E-state index is 6.09. The van der Waals surface area contributed by atoms with E-state index in [9.17, 15) is 0 Å². The zero-order valence-corrected chi connectivity index (χ0v) is 11.1. The van der Waals surface area contributed by atoms with Gasteiger partial charge in [0.2, 0.25) is 0 Å². The Morgan fingerprint density at radius 1 is 1.43 bits per heavy atom. The lowest BCUT2D eigenvalue weighted by Gasteiger charge is -2.24. The minimum Gasteiger partial charge on any atom is -0.131 e. The lowest BCUT2D eigenvalue weighted by atomic mass is 9.80. The Balaban J connectivity index is 2.86. The van der Waals surface area contributed by atoms with Crippen molar-refractivity contribution in [1.29, 1.82) is 0 Å². The van der Waals surface area contributed by atoms with Crippen molar-refractivity contribution in [3.63, 3.8) is 0 Å². The summed E-state index contributed by atoms with van der Waals surface area (Å²) in [5.41, 5.74) is 2.99. The van der Waals surface area contributed by atoms with Gasteiger partial charge in [-0.1, -0.05) is 45.2 Å². The molecule has 0 N–H and O–H groups in total. The number of hydrogen-bond acceptors (Lipinski definition) is 1. The van der Waals surface area contributed by atoms with Crippen LogP contribution in [0, 0.1) is 6.92 Å². The van der Waals surface area contributed by atoms with E-state index < -0.39 is 0 Å². The van der Waals surface area contributed by atoms with Crippen molar-refractivity contribution in [1.82, 2.24) is 0 Å². The van der Waals surface area contributed by atoms with E-state index >= 15 is 0 Å². The largest absolute Gasteiger partial charge is 0.131 e. The normalized spacial score (nSPS) is 12.1. The van der Waals surface area contributed by atoms with Gasteiger partial charge in [-0.3, -0.25) is 0 Å². The lowest BCUT2D eigenvalue weighted by molar-refractivity contribution is 0.457. The van der Waals surface area contributed by atoms with E-state index in [0.29, 0.717) is 0 Å². The average Bonchev–Trinajstić information content (AvgIpc) is 2.45. The van der Waals surface area contributed by atoms with Gasteiger partial charge in [-0.15, -0.1) is 11.3 Å². The summed E-state index contributed by atoms with van der Waals surface area (Å²) in [6.07, 6.45) is 3.80. The molecule has 0 nitrogen and oxygen atoms in total. The first-order valence-corrected chi connectivity index (χ1v) is 6.49. The summed E-state index contributed by atoms with van der Waals surface area (Å²) in [5.74, 6) is 0. The van der Waals surface area contributed by atoms with Gasteiger partial charge in [0.1, 0.15) is 0 Å². The van der Waals surface area contributed by atoms with E-state index in [1.54, 1.807) is 11.3 Å². The molecular formula is C12H19ClS. The van der Waals surface area contributed by atoms with Crippen LogP contribution in [0.5, 0.6) is 0 Å². The topological polar surface area (TPSA) is 0 Å². The number of thiophene rings is 1. The van der Waals surface area contributed by atoms with Crippen molar-refractivity contribution in [3.05, 3.63) is 20.8 Å². The van der Waals surface area contributed by atoms with E-state index in [1.807, 2.05) is 0 Å². The van der Waals surface area contributed by atoms with Gasteiger partial charge >= 0.3 is 0 Å². The highest BCUT2D eigenvalue weighted by atomic mass is 35.5. The smallest absolute Gasteiger partial charge is 0.0960 e. The number of halogens is 1. The first kappa shape index (κ1) is 12.1. The van der Waals surface area contributed by atoms with Crippen LogP contribution in [0.4, 0.5) is 0 Å². The maximum Gasteiger partial charge on any atom is 0.0960 e. The molecule has 0 fully saturated rings. The third-order valence-electron chi connectivity index (χ3n) is 2.86. The second kappa shape index (κ2) is 4.67. The summed E-state index contributed by atoms with van der Waals surface area (Å²) in [6, 6.07) is 0. The molecule has 0 spiro atoms. The van der Waals surface area contributed by atoms with E-state index in [0.717, 1.165) is 4.34 Å². The Bertz CT molecular complexity index is 299. The third kappa shape index (κ3) is 2.52. The molecule has 0 aromatic carbocycles. The summed E-state index contributed by atoms with van der Waals surface area (Å²) in [7, 11) is 0. The second-order valence-electron chi connectivity index (χ2n) is 4.54. The summed E-state index contributed by atoms with van der Waals surface area (Å²) in [4.78, 5) is 0. The van der Waals surface area contributed by atoms with Crippen molar-refractivity contribution in [3.8, 4) is 0 Å². The van der Waals surface area contributed by atoms with Gasteiger partial charge < -0.3 is 0 Å². The summed E-state index contributed by atoms with van der Waals surface area (Å²) >= 11 is 7.74. The third-order valence-corrected chi connectivity index (χ3v) is 4.28. The Morgan fingerprint density at radius 3 is 2.50 bits per heavy atom. The number of hydrogen-bond donors (Lipinski definition) is 0. The van der Waals surface area contributed by atoms with E-state index in [4.69, 9.17) is 11.6 Å². The summed E-state index contributed by atoms with van der Waals surface area (Å²) < 4.78 is 0.949. The van der Waals surface area contributed by atoms with Crippen LogP contribution >= 0.6 is 22.9 Å². The van der Waals surface area contributed by atoms with E-state index in [2.05, 4.69) is 33.1 Å². The molecule has 1 aromatic rings. The predicted octanol–water partition coefficient (Wildman–Crippen LogP) is 5.18. The zero-order valence-electron chi connectivity index (χ0n) is 9.48. The fourth-order valence-corrected chi connectivity index (χ4v) is 3.05. The molecular weight excluding hydrogens is 212 g/mol. The predicted molar refractivity (Wildman–Crippen MR) is 66.6 cm³/mol. The number of rotatable bonds is 4. The Kier molecular flexibility index (Phi) is 4.03. The van der Waals surface area contributed by atoms with Crippen LogP contribution in [0.3, 0.4) is 0 Å². The minimum atomic E-state index is 0.281. The van der Waals surface area contributed by atoms with Crippen molar-refractivity contribution in [2.75, 3.05) is 0 Å². The van der Waals surface area contributed by atoms with Crippen LogP contribution in [0.1, 0.15) is 51.2 Å². The molecule has 1 heterocycles. The van der Waals surface area contributed by atoms with Crippen molar-refractivity contribution in [2.45, 2.75) is 52.4 Å². The fourth-order valence-electron chi connectivity index (χ4n) is 1.81. The quantitative estimate of drug-likeness (QED) is 0.669. The second-order valence-corrected chi connectivity index (χ2v) is 6.02. The highest BCUT2D eigenvalue weighted by Gasteiger charge is 2.23. The highest BCUT2D eigenvalue weighted by molar-refractivity contribution is 7.14. The molecule has 0 amide bonds. The molecule has 1 rings (SSSR count). The SMILES string of the molecule is CCCCC(C)(C)c1csc(Cl)c1C. The van der Waals surface area contributed by atoms with Gasteiger partial charge in [0.15, 0.2) is 0 Å². The molecule has 2 heteroatoms. The molecule has 0 aliphatic heterocycles. The first-order valence-electron chi connectivity index (χ1n) is 5.23. The highest BCUT2D eigenvalue weighted by Crippen LogP contribution is 2.37. The minimum absolute atomic E-state index is 0.281. The zero-order chi connectivity index (χ0) is 10.8. The van der Waals surface area contributed by atoms with Crippen LogP contribution in [0.2, 0.25) is 4.34 Å². The van der Waals surface area contributed by atoms with E-state index in [1.165, 1.54) is 30.4 Å². The Hall–Kier alpha value is -0.0100. The number of unbranched alkanes of at least 4 members (excludes halogenated alkanes) is 1. The van der Waals surface area contributed by atoms with E-state index in [-0.39, 0.29) is 5.41 Å². The standard InChI is InChI=1S/C12H19ClS/c1-5-6-7-12(3,4)10-8-14-11(13)9(10)2/h8H,5-7H2,1-4H3. The molecule has 0 bridgehead atoms. The van der Waals surface area contributed by atoms with Gasteiger partial charge in [-0.25, -0.2) is 0 Å². The lowest BCUT2D eigenvalue weighted by Crippen LogP contribution is -2.17. The van der Waals surface area contributed by atoms with Crippen LogP contribution in [-0.4, -0.2) is 0 Å². The Morgan fingerprint density at radius 2 is 2.07 bits per heavy atom. The molecule has 0 unspecified atom stereocenters. The van der Waals surface area contributed by atoms with Gasteiger partial charge in [-0.2, -0.15) is 0 Å². The van der Waals surface area contributed by atoms with Gasteiger partial charge in [-0.05, 0) is 35.3 Å². The molecule has 14 heavy (non-hydrogen) atoms. The molecule has 0 saturated carbocycles. The molecule has 0 aliphatic rings. The van der Waals surface area contributed by atoms with Crippen molar-refractivity contribution < 1.29 is 0 Å². The summed E-state index contributed by atoms with van der Waals surface area (Å²) in [5, 5.41) is 2.22. The fraction of sp³-hybridized carbons (Fsp3) is 0.667. The van der Waals surface area contributed by atoms with Crippen LogP contribution in [0.25, 0.3) is 0 Å². The molecule has 0 radical (unpaired) electrons. The summed E-state index contributed by atoms with van der Waals surface area (Å²) in [6.45, 7) is 8.99. The van der Waals surface area contributed by atoms with Crippen molar-refractivity contribution >= 4 is 22.9 Å². The van der Waals surface area contributed by atoms with Gasteiger partial charge in [0.25, 0.3) is 0 Å². The molecule has 1 aromatic heterocycles.